The highest BCUT2D eigenvalue weighted by Crippen LogP contribution is 2.34. The van der Waals surface area contributed by atoms with Crippen molar-refractivity contribution in [3.63, 3.8) is 0 Å². The second-order valence-electron chi connectivity index (χ2n) is 6.80. The molecular weight excluding hydrogens is 357 g/mol. The van der Waals surface area contributed by atoms with Gasteiger partial charge in [0.1, 0.15) is 17.9 Å². The molecule has 0 unspecified atom stereocenters. The van der Waals surface area contributed by atoms with Crippen molar-refractivity contribution in [1.29, 1.82) is 0 Å². The molecule has 9 heteroatoms. The highest BCUT2D eigenvalue weighted by Gasteiger charge is 2.52. The van der Waals surface area contributed by atoms with Crippen LogP contribution in [0.1, 0.15) is 31.2 Å². The number of amides is 4. The number of carbonyl (C=O) groups is 4. The lowest BCUT2D eigenvalue weighted by molar-refractivity contribution is -0.150. The molecule has 1 heterocycles. The van der Waals surface area contributed by atoms with E-state index in [1.807, 2.05) is 0 Å². The van der Waals surface area contributed by atoms with Crippen molar-refractivity contribution in [2.45, 2.75) is 38.1 Å². The lowest BCUT2D eigenvalue weighted by atomic mass is 9.98. The molecule has 0 atom stereocenters. The minimum Gasteiger partial charge on any atom is -0.454 e. The van der Waals surface area contributed by atoms with Crippen LogP contribution in [0.2, 0.25) is 0 Å². The van der Waals surface area contributed by atoms with E-state index in [2.05, 4.69) is 10.6 Å². The third kappa shape index (κ3) is 3.91. The lowest BCUT2D eigenvalue weighted by Gasteiger charge is -2.19. The number of hydrogen-bond donors (Lipinski definition) is 2. The quantitative estimate of drug-likeness (QED) is 0.597. The first-order chi connectivity index (χ1) is 12.8. The fourth-order valence-electron chi connectivity index (χ4n) is 3.37. The maximum absolute atomic E-state index is 13.7. The minimum absolute atomic E-state index is 0.0288. The molecular formula is C18H20FN3O5. The third-order valence-corrected chi connectivity index (χ3v) is 4.75. The van der Waals surface area contributed by atoms with Gasteiger partial charge in [0.25, 0.3) is 11.8 Å². The number of hydrogen-bond acceptors (Lipinski definition) is 5. The summed E-state index contributed by atoms with van der Waals surface area (Å²) in [6.45, 7) is 0.488. The average Bonchev–Trinajstić information content (AvgIpc) is 3.17. The Balaban J connectivity index is 1.50. The Morgan fingerprint density at radius 2 is 2.00 bits per heavy atom. The zero-order chi connectivity index (χ0) is 19.6. The standard InChI is InChI=1S/C18H20FN3O5/c1-11-4-5-13(12(19)8-11)20-14(23)10-27-15(24)9-22-16(25)18(21-17(22)26)6-2-3-7-18/h4-5,8H,2-3,6-7,9-10H2,1H3,(H,20,23)(H,21,26). The van der Waals surface area contributed by atoms with Gasteiger partial charge in [-0.05, 0) is 37.5 Å². The van der Waals surface area contributed by atoms with Gasteiger partial charge in [0.05, 0.1) is 5.69 Å². The Hall–Kier alpha value is -2.97. The largest absolute Gasteiger partial charge is 0.454 e. The van der Waals surface area contributed by atoms with Crippen molar-refractivity contribution >= 4 is 29.5 Å². The SMILES string of the molecule is Cc1ccc(NC(=O)COC(=O)CN2C(=O)NC3(CCCC3)C2=O)c(F)c1. The molecule has 0 bridgehead atoms. The number of rotatable bonds is 5. The van der Waals surface area contributed by atoms with Crippen LogP contribution in [0, 0.1) is 12.7 Å². The Kier molecular flexibility index (Phi) is 5.11. The molecule has 8 nitrogen and oxygen atoms in total. The summed E-state index contributed by atoms with van der Waals surface area (Å²) in [4.78, 5) is 49.0. The van der Waals surface area contributed by atoms with Crippen molar-refractivity contribution in [2.75, 3.05) is 18.5 Å². The van der Waals surface area contributed by atoms with Gasteiger partial charge in [-0.1, -0.05) is 18.9 Å². The van der Waals surface area contributed by atoms with Crippen LogP contribution >= 0.6 is 0 Å². The van der Waals surface area contributed by atoms with Gasteiger partial charge in [0.15, 0.2) is 6.61 Å². The second-order valence-corrected chi connectivity index (χ2v) is 6.80. The second kappa shape index (κ2) is 7.34. The summed E-state index contributed by atoms with van der Waals surface area (Å²) < 4.78 is 18.5. The van der Waals surface area contributed by atoms with Gasteiger partial charge in [-0.2, -0.15) is 0 Å². The molecule has 3 rings (SSSR count). The molecule has 1 saturated heterocycles. The number of ether oxygens (including phenoxy) is 1. The van der Waals surface area contributed by atoms with E-state index < -0.39 is 48.3 Å². The molecule has 1 spiro atoms. The number of anilines is 1. The fourth-order valence-corrected chi connectivity index (χ4v) is 3.37. The van der Waals surface area contributed by atoms with Crippen LogP contribution in [-0.2, 0) is 19.1 Å². The van der Waals surface area contributed by atoms with Gasteiger partial charge < -0.3 is 15.4 Å². The highest BCUT2D eigenvalue weighted by molar-refractivity contribution is 6.09. The van der Waals surface area contributed by atoms with Crippen LogP contribution < -0.4 is 10.6 Å². The Bertz CT molecular complexity index is 804. The van der Waals surface area contributed by atoms with E-state index >= 15 is 0 Å². The van der Waals surface area contributed by atoms with Gasteiger partial charge in [0, 0.05) is 0 Å². The average molecular weight is 377 g/mol. The van der Waals surface area contributed by atoms with Crippen LogP contribution in [0.25, 0.3) is 0 Å². The molecule has 1 saturated carbocycles. The molecule has 27 heavy (non-hydrogen) atoms. The Morgan fingerprint density at radius 3 is 2.67 bits per heavy atom. The molecule has 144 valence electrons. The molecule has 4 amide bonds. The number of esters is 1. The number of nitrogens with one attached hydrogen (secondary N) is 2. The molecule has 0 radical (unpaired) electrons. The fraction of sp³-hybridized carbons (Fsp3) is 0.444. The van der Waals surface area contributed by atoms with Gasteiger partial charge >= 0.3 is 12.0 Å². The normalized spacial score (nSPS) is 17.9. The van der Waals surface area contributed by atoms with Crippen molar-refractivity contribution < 1.29 is 28.3 Å². The van der Waals surface area contributed by atoms with Crippen LogP contribution in [0.4, 0.5) is 14.9 Å². The number of urea groups is 1. The topological polar surface area (TPSA) is 105 Å². The summed E-state index contributed by atoms with van der Waals surface area (Å²) in [5, 5.41) is 4.94. The first-order valence-corrected chi connectivity index (χ1v) is 8.66. The van der Waals surface area contributed by atoms with E-state index in [9.17, 15) is 23.6 Å². The number of benzene rings is 1. The first kappa shape index (κ1) is 18.8. The monoisotopic (exact) mass is 377 g/mol. The van der Waals surface area contributed by atoms with E-state index in [4.69, 9.17) is 4.74 Å². The Morgan fingerprint density at radius 1 is 1.30 bits per heavy atom. The zero-order valence-electron chi connectivity index (χ0n) is 14.8. The highest BCUT2D eigenvalue weighted by atomic mass is 19.1. The smallest absolute Gasteiger partial charge is 0.326 e. The molecule has 0 aromatic heterocycles. The summed E-state index contributed by atoms with van der Waals surface area (Å²) in [7, 11) is 0. The number of aryl methyl sites for hydroxylation is 1. The third-order valence-electron chi connectivity index (χ3n) is 4.75. The summed E-state index contributed by atoms with van der Waals surface area (Å²) in [6, 6.07) is 3.66. The number of imide groups is 1. The van der Waals surface area contributed by atoms with E-state index in [1.165, 1.54) is 12.1 Å². The maximum atomic E-state index is 13.7. The number of carbonyl (C=O) groups excluding carboxylic acids is 4. The van der Waals surface area contributed by atoms with Gasteiger partial charge in [0.2, 0.25) is 0 Å². The predicted molar refractivity (Wildman–Crippen MR) is 92.2 cm³/mol. The van der Waals surface area contributed by atoms with Crippen LogP contribution in [0.5, 0.6) is 0 Å². The van der Waals surface area contributed by atoms with E-state index in [-0.39, 0.29) is 5.69 Å². The molecule has 2 fully saturated rings. The van der Waals surface area contributed by atoms with Crippen molar-refractivity contribution in [3.8, 4) is 0 Å². The van der Waals surface area contributed by atoms with Crippen LogP contribution in [-0.4, -0.2) is 47.4 Å². The number of nitrogens with zero attached hydrogens (tertiary/aromatic N) is 1. The zero-order valence-corrected chi connectivity index (χ0v) is 14.8. The molecule has 2 N–H and O–H groups in total. The van der Waals surface area contributed by atoms with Crippen molar-refractivity contribution in [1.82, 2.24) is 10.2 Å². The number of halogens is 1. The Labute approximate surface area is 155 Å². The van der Waals surface area contributed by atoms with E-state index in [0.717, 1.165) is 17.7 Å². The molecule has 2 aliphatic rings. The molecule has 1 aromatic carbocycles. The summed E-state index contributed by atoms with van der Waals surface area (Å²) in [6.07, 6.45) is 2.77. The van der Waals surface area contributed by atoms with Gasteiger partial charge in [-0.25, -0.2) is 9.18 Å². The molecule has 1 aromatic rings. The molecule has 1 aliphatic heterocycles. The summed E-state index contributed by atoms with van der Waals surface area (Å²) >= 11 is 0. The van der Waals surface area contributed by atoms with Crippen molar-refractivity contribution in [2.24, 2.45) is 0 Å². The summed E-state index contributed by atoms with van der Waals surface area (Å²) in [5.74, 6) is -2.66. The van der Waals surface area contributed by atoms with E-state index in [0.29, 0.717) is 18.4 Å². The predicted octanol–water partition coefficient (Wildman–Crippen LogP) is 1.48. The molecule has 1 aliphatic carbocycles. The lowest BCUT2D eigenvalue weighted by Crippen LogP contribution is -2.44. The first-order valence-electron chi connectivity index (χ1n) is 8.66. The van der Waals surface area contributed by atoms with Crippen LogP contribution in [0.15, 0.2) is 18.2 Å². The van der Waals surface area contributed by atoms with Gasteiger partial charge in [-0.3, -0.25) is 19.3 Å². The van der Waals surface area contributed by atoms with E-state index in [1.54, 1.807) is 13.0 Å². The van der Waals surface area contributed by atoms with Gasteiger partial charge in [-0.15, -0.1) is 0 Å². The van der Waals surface area contributed by atoms with Crippen LogP contribution in [0.3, 0.4) is 0 Å². The summed E-state index contributed by atoms with van der Waals surface area (Å²) in [5.41, 5.74) is -0.234. The maximum Gasteiger partial charge on any atom is 0.326 e. The van der Waals surface area contributed by atoms with Crippen molar-refractivity contribution in [3.05, 3.63) is 29.6 Å². The minimum atomic E-state index is -0.905.